The summed E-state index contributed by atoms with van der Waals surface area (Å²) in [6.07, 6.45) is 0. The molecule has 3 aromatic rings. The number of nitrogens with zero attached hydrogens (tertiary/aromatic N) is 1. The van der Waals surface area contributed by atoms with Gasteiger partial charge in [-0.05, 0) is 73.3 Å². The van der Waals surface area contributed by atoms with Crippen molar-refractivity contribution >= 4 is 57.7 Å². The van der Waals surface area contributed by atoms with E-state index in [1.165, 1.54) is 16.2 Å². The maximum atomic E-state index is 13.2. The van der Waals surface area contributed by atoms with Crippen molar-refractivity contribution in [2.45, 2.75) is 19.9 Å². The van der Waals surface area contributed by atoms with Crippen molar-refractivity contribution in [2.75, 3.05) is 11.5 Å². The van der Waals surface area contributed by atoms with E-state index in [0.717, 1.165) is 10.4 Å². The first-order chi connectivity index (χ1) is 15.3. The highest BCUT2D eigenvalue weighted by atomic mass is 35.5. The van der Waals surface area contributed by atoms with E-state index in [4.69, 9.17) is 27.9 Å². The quantitative estimate of drug-likeness (QED) is 0.257. The van der Waals surface area contributed by atoms with E-state index >= 15 is 0 Å². The third-order valence-electron chi connectivity index (χ3n) is 5.20. The number of aliphatic hydroxyl groups excluding tert-OH is 1. The number of anilines is 1. The van der Waals surface area contributed by atoms with Gasteiger partial charge in [0.2, 0.25) is 0 Å². The number of rotatable bonds is 5. The Hall–Kier alpha value is -2.80. The van der Waals surface area contributed by atoms with Gasteiger partial charge in [-0.25, -0.2) is 0 Å². The van der Waals surface area contributed by atoms with Crippen LogP contribution in [0.2, 0.25) is 10.0 Å². The number of ether oxygens (including phenoxy) is 1. The van der Waals surface area contributed by atoms with Crippen LogP contribution in [0.25, 0.3) is 5.76 Å². The van der Waals surface area contributed by atoms with Gasteiger partial charge in [0.15, 0.2) is 0 Å². The molecular weight excluding hydrogens is 469 g/mol. The molecule has 0 saturated carbocycles. The van der Waals surface area contributed by atoms with Gasteiger partial charge < -0.3 is 9.84 Å². The van der Waals surface area contributed by atoms with Gasteiger partial charge >= 0.3 is 0 Å². The van der Waals surface area contributed by atoms with Crippen LogP contribution in [0.15, 0.2) is 59.5 Å². The third kappa shape index (κ3) is 3.90. The van der Waals surface area contributed by atoms with Gasteiger partial charge in [0, 0.05) is 21.2 Å². The average molecular weight is 488 g/mol. The Morgan fingerprint density at radius 2 is 1.84 bits per heavy atom. The molecule has 2 aromatic carbocycles. The molecule has 1 aliphatic heterocycles. The van der Waals surface area contributed by atoms with Crippen LogP contribution in [-0.2, 0) is 9.59 Å². The summed E-state index contributed by atoms with van der Waals surface area (Å²) in [7, 11) is 0. The standard InChI is InChI=1S/C24H19Cl2NO4S/c1-3-31-16-8-9-18(26)17(12-16)21(28)19-20(23-13(2)10-11-32-23)27(24(30)22(19)29)15-6-4-14(25)5-7-15/h4-12,20,28H,3H2,1-2H3/b21-19+. The number of carbonyl (C=O) groups excluding carboxylic acids is 2. The van der Waals surface area contributed by atoms with E-state index in [-0.39, 0.29) is 21.9 Å². The molecule has 1 aliphatic rings. The van der Waals surface area contributed by atoms with Crippen LogP contribution in [0.1, 0.15) is 29.0 Å². The Labute approximate surface area is 199 Å². The average Bonchev–Trinajstić information content (AvgIpc) is 3.30. The number of hydrogen-bond donors (Lipinski definition) is 1. The maximum absolute atomic E-state index is 13.2. The van der Waals surface area contributed by atoms with E-state index in [1.54, 1.807) is 42.5 Å². The second-order valence-corrected chi connectivity index (χ2v) is 8.98. The Kier molecular flexibility index (Phi) is 6.29. The third-order valence-corrected chi connectivity index (χ3v) is 6.86. The van der Waals surface area contributed by atoms with Crippen molar-refractivity contribution < 1.29 is 19.4 Å². The second-order valence-electron chi connectivity index (χ2n) is 7.19. The van der Waals surface area contributed by atoms with Crippen LogP contribution >= 0.6 is 34.5 Å². The smallest absolute Gasteiger partial charge is 0.300 e. The number of Topliss-reactive ketones (excluding diaryl/α,β-unsaturated/α-hetero) is 1. The molecule has 1 aromatic heterocycles. The van der Waals surface area contributed by atoms with Gasteiger partial charge in [-0.2, -0.15) is 0 Å². The summed E-state index contributed by atoms with van der Waals surface area (Å²) in [5.74, 6) is -1.37. The molecular formula is C24H19Cl2NO4S. The summed E-state index contributed by atoms with van der Waals surface area (Å²) in [4.78, 5) is 28.5. The van der Waals surface area contributed by atoms with Crippen LogP contribution in [0.3, 0.4) is 0 Å². The van der Waals surface area contributed by atoms with E-state index in [1.807, 2.05) is 25.3 Å². The minimum atomic E-state index is -0.803. The molecule has 0 radical (unpaired) electrons. The fraction of sp³-hybridized carbons (Fsp3) is 0.167. The fourth-order valence-corrected chi connectivity index (χ4v) is 5.06. The fourth-order valence-electron chi connectivity index (χ4n) is 3.70. The lowest BCUT2D eigenvalue weighted by Crippen LogP contribution is -2.29. The molecule has 1 fully saturated rings. The van der Waals surface area contributed by atoms with Crippen molar-refractivity contribution in [3.63, 3.8) is 0 Å². The largest absolute Gasteiger partial charge is 0.507 e. The number of benzene rings is 2. The first-order valence-electron chi connectivity index (χ1n) is 9.86. The lowest BCUT2D eigenvalue weighted by Gasteiger charge is -2.25. The lowest BCUT2D eigenvalue weighted by molar-refractivity contribution is -0.132. The first-order valence-corrected chi connectivity index (χ1v) is 11.5. The predicted octanol–water partition coefficient (Wildman–Crippen LogP) is 6.39. The highest BCUT2D eigenvalue weighted by Crippen LogP contribution is 2.45. The molecule has 0 spiro atoms. The van der Waals surface area contributed by atoms with Gasteiger partial charge in [0.1, 0.15) is 17.6 Å². The summed E-state index contributed by atoms with van der Waals surface area (Å²) in [6, 6.07) is 12.6. The Morgan fingerprint density at radius 3 is 2.47 bits per heavy atom. The number of hydrogen-bond acceptors (Lipinski definition) is 5. The van der Waals surface area contributed by atoms with Crippen LogP contribution < -0.4 is 9.64 Å². The van der Waals surface area contributed by atoms with Crippen molar-refractivity contribution in [3.05, 3.63) is 85.5 Å². The Balaban J connectivity index is 1.95. The molecule has 4 rings (SSSR count). The number of aryl methyl sites for hydroxylation is 1. The van der Waals surface area contributed by atoms with Gasteiger partial charge in [-0.15, -0.1) is 11.3 Å². The van der Waals surface area contributed by atoms with E-state index in [0.29, 0.717) is 23.1 Å². The molecule has 0 bridgehead atoms. The maximum Gasteiger partial charge on any atom is 0.300 e. The molecule has 1 unspecified atom stereocenters. The van der Waals surface area contributed by atoms with Crippen molar-refractivity contribution in [1.29, 1.82) is 0 Å². The normalized spacial score (nSPS) is 17.8. The minimum Gasteiger partial charge on any atom is -0.507 e. The Morgan fingerprint density at radius 1 is 1.12 bits per heavy atom. The monoisotopic (exact) mass is 487 g/mol. The van der Waals surface area contributed by atoms with Gasteiger partial charge in [0.05, 0.1) is 17.2 Å². The lowest BCUT2D eigenvalue weighted by atomic mass is 9.98. The Bertz CT molecular complexity index is 1230. The molecule has 5 nitrogen and oxygen atoms in total. The molecule has 0 aliphatic carbocycles. The van der Waals surface area contributed by atoms with E-state index in [2.05, 4.69) is 0 Å². The highest BCUT2D eigenvalue weighted by Gasteiger charge is 2.48. The van der Waals surface area contributed by atoms with Crippen molar-refractivity contribution in [2.24, 2.45) is 0 Å². The van der Waals surface area contributed by atoms with Gasteiger partial charge in [0.25, 0.3) is 11.7 Å². The van der Waals surface area contributed by atoms with Crippen molar-refractivity contribution in [1.82, 2.24) is 0 Å². The summed E-state index contributed by atoms with van der Waals surface area (Å²) < 4.78 is 5.52. The SMILES string of the molecule is CCOc1ccc(Cl)c(/C(O)=C2\C(=O)C(=O)N(c3ccc(Cl)cc3)C2c2sccc2C)c1. The predicted molar refractivity (Wildman–Crippen MR) is 128 cm³/mol. The zero-order valence-corrected chi connectivity index (χ0v) is 19.6. The second kappa shape index (κ2) is 8.98. The molecule has 8 heteroatoms. The highest BCUT2D eigenvalue weighted by molar-refractivity contribution is 7.10. The molecule has 1 atom stereocenters. The number of carbonyl (C=O) groups is 2. The molecule has 1 amide bonds. The molecule has 32 heavy (non-hydrogen) atoms. The van der Waals surface area contributed by atoms with Crippen molar-refractivity contribution in [3.8, 4) is 5.75 Å². The zero-order chi connectivity index (χ0) is 23.0. The summed E-state index contributed by atoms with van der Waals surface area (Å²) in [6.45, 7) is 4.17. The molecule has 1 saturated heterocycles. The number of amides is 1. The topological polar surface area (TPSA) is 66.8 Å². The van der Waals surface area contributed by atoms with Gasteiger partial charge in [-0.1, -0.05) is 23.2 Å². The molecule has 164 valence electrons. The summed E-state index contributed by atoms with van der Waals surface area (Å²) in [5.41, 5.74) is 1.61. The van der Waals surface area contributed by atoms with E-state index < -0.39 is 17.7 Å². The van der Waals surface area contributed by atoms with Crippen LogP contribution in [-0.4, -0.2) is 23.4 Å². The summed E-state index contributed by atoms with van der Waals surface area (Å²) in [5, 5.41) is 13.9. The number of aliphatic hydroxyl groups is 1. The van der Waals surface area contributed by atoms with Crippen LogP contribution in [0.4, 0.5) is 5.69 Å². The number of thiophene rings is 1. The number of ketones is 1. The minimum absolute atomic E-state index is 0.0222. The van der Waals surface area contributed by atoms with Crippen LogP contribution in [0, 0.1) is 6.92 Å². The number of halogens is 2. The first kappa shape index (κ1) is 22.4. The molecule has 1 N–H and O–H groups in total. The van der Waals surface area contributed by atoms with Gasteiger partial charge in [-0.3, -0.25) is 14.5 Å². The van der Waals surface area contributed by atoms with E-state index in [9.17, 15) is 14.7 Å². The molecule has 2 heterocycles. The van der Waals surface area contributed by atoms with Crippen LogP contribution in [0.5, 0.6) is 5.75 Å². The zero-order valence-electron chi connectivity index (χ0n) is 17.3. The summed E-state index contributed by atoms with van der Waals surface area (Å²) >= 11 is 13.8.